The molecule has 2 nitrogen and oxygen atoms in total. The molecule has 0 heterocycles. The van der Waals surface area contributed by atoms with Gasteiger partial charge in [-0.3, -0.25) is 0 Å². The molecule has 0 aromatic heterocycles. The number of hydrogen-bond donors (Lipinski definition) is 1. The summed E-state index contributed by atoms with van der Waals surface area (Å²) in [6.07, 6.45) is 2.37. The summed E-state index contributed by atoms with van der Waals surface area (Å²) >= 11 is 4.53. The molecule has 0 bridgehead atoms. The third-order valence-electron chi connectivity index (χ3n) is 1.82. The van der Waals surface area contributed by atoms with Crippen LogP contribution in [0.15, 0.2) is 0 Å². The first-order valence-corrected chi connectivity index (χ1v) is 5.01. The van der Waals surface area contributed by atoms with Crippen molar-refractivity contribution in [1.29, 1.82) is 0 Å². The second kappa shape index (κ2) is 6.75. The zero-order valence-electron chi connectivity index (χ0n) is 8.75. The van der Waals surface area contributed by atoms with E-state index in [0.717, 1.165) is 13.1 Å². The van der Waals surface area contributed by atoms with Crippen molar-refractivity contribution in [2.45, 2.75) is 18.1 Å². The molecule has 0 radical (unpaired) electrons. The molecule has 0 fully saturated rings. The number of rotatable bonds is 6. The minimum absolute atomic E-state index is 0.551. The monoisotopic (exact) mass is 190 g/mol. The van der Waals surface area contributed by atoms with Crippen LogP contribution in [0.2, 0.25) is 0 Å². The average Bonchev–Trinajstić information content (AvgIpc) is 1.96. The lowest BCUT2D eigenvalue weighted by Crippen LogP contribution is -2.21. The second-order valence-electron chi connectivity index (χ2n) is 3.84. The number of hydrogen-bond acceptors (Lipinski definition) is 3. The highest BCUT2D eigenvalue weighted by atomic mass is 32.1. The predicted molar refractivity (Wildman–Crippen MR) is 59.1 cm³/mol. The maximum absolute atomic E-state index is 4.53. The van der Waals surface area contributed by atoms with Crippen molar-refractivity contribution < 1.29 is 0 Å². The average molecular weight is 190 g/mol. The molecular formula is C9H22N2S. The highest BCUT2D eigenvalue weighted by molar-refractivity contribution is 7.80. The molecule has 0 unspecified atom stereocenters. The Balaban J connectivity index is 3.27. The molecule has 12 heavy (non-hydrogen) atoms. The number of thiol groups is 1. The molecule has 3 heteroatoms. The van der Waals surface area contributed by atoms with Crippen LogP contribution in [0.4, 0.5) is 0 Å². The molecule has 0 atom stereocenters. The minimum Gasteiger partial charge on any atom is -0.309 e. The Morgan fingerprint density at radius 3 is 1.50 bits per heavy atom. The van der Waals surface area contributed by atoms with Gasteiger partial charge in [0.2, 0.25) is 0 Å². The van der Waals surface area contributed by atoms with Gasteiger partial charge in [-0.15, -0.1) is 0 Å². The van der Waals surface area contributed by atoms with Crippen LogP contribution < -0.4 is 0 Å². The lowest BCUT2D eigenvalue weighted by Gasteiger charge is -2.16. The van der Waals surface area contributed by atoms with E-state index in [2.05, 4.69) is 50.6 Å². The van der Waals surface area contributed by atoms with Crippen LogP contribution in [-0.4, -0.2) is 56.3 Å². The molecule has 74 valence electrons. The third-order valence-corrected chi connectivity index (χ3v) is 2.34. The van der Waals surface area contributed by atoms with E-state index < -0.39 is 0 Å². The van der Waals surface area contributed by atoms with E-state index in [0.29, 0.717) is 5.25 Å². The maximum atomic E-state index is 4.53. The maximum Gasteiger partial charge on any atom is 0.00411 e. The first-order chi connectivity index (χ1) is 5.52. The van der Waals surface area contributed by atoms with Gasteiger partial charge < -0.3 is 9.80 Å². The predicted octanol–water partition coefficient (Wildman–Crippen LogP) is 1.19. The van der Waals surface area contributed by atoms with Crippen molar-refractivity contribution in [2.24, 2.45) is 0 Å². The van der Waals surface area contributed by atoms with Crippen LogP contribution in [0.3, 0.4) is 0 Å². The Morgan fingerprint density at radius 1 is 0.917 bits per heavy atom. The van der Waals surface area contributed by atoms with Gasteiger partial charge in [-0.05, 0) is 54.1 Å². The van der Waals surface area contributed by atoms with Crippen molar-refractivity contribution in [1.82, 2.24) is 9.80 Å². The highest BCUT2D eigenvalue weighted by Gasteiger charge is 2.03. The Kier molecular flexibility index (Phi) is 6.90. The smallest absolute Gasteiger partial charge is 0.00411 e. The van der Waals surface area contributed by atoms with Crippen molar-refractivity contribution in [2.75, 3.05) is 41.3 Å². The molecule has 0 aliphatic heterocycles. The quantitative estimate of drug-likeness (QED) is 0.629. The summed E-state index contributed by atoms with van der Waals surface area (Å²) in [7, 11) is 8.41. The normalized spacial score (nSPS) is 12.0. The van der Waals surface area contributed by atoms with Crippen LogP contribution >= 0.6 is 12.6 Å². The van der Waals surface area contributed by atoms with Gasteiger partial charge in [-0.25, -0.2) is 0 Å². The topological polar surface area (TPSA) is 6.48 Å². The minimum atomic E-state index is 0.551. The van der Waals surface area contributed by atoms with Crippen LogP contribution in [0, 0.1) is 0 Å². The van der Waals surface area contributed by atoms with Crippen LogP contribution in [0.25, 0.3) is 0 Å². The largest absolute Gasteiger partial charge is 0.309 e. The summed E-state index contributed by atoms with van der Waals surface area (Å²) in [4.78, 5) is 4.41. The summed E-state index contributed by atoms with van der Waals surface area (Å²) in [5.74, 6) is 0. The highest BCUT2D eigenvalue weighted by Crippen LogP contribution is 2.06. The lowest BCUT2D eigenvalue weighted by atomic mass is 10.2. The Labute approximate surface area is 82.3 Å². The second-order valence-corrected chi connectivity index (χ2v) is 4.57. The van der Waals surface area contributed by atoms with Crippen LogP contribution in [0.1, 0.15) is 12.8 Å². The Hall–Kier alpha value is 0.270. The molecule has 0 N–H and O–H groups in total. The van der Waals surface area contributed by atoms with Gasteiger partial charge >= 0.3 is 0 Å². The van der Waals surface area contributed by atoms with E-state index in [-0.39, 0.29) is 0 Å². The van der Waals surface area contributed by atoms with Gasteiger partial charge in [0.15, 0.2) is 0 Å². The molecule has 0 aromatic carbocycles. The molecule has 0 saturated carbocycles. The van der Waals surface area contributed by atoms with E-state index in [1.807, 2.05) is 0 Å². The van der Waals surface area contributed by atoms with Gasteiger partial charge in [0, 0.05) is 5.25 Å². The van der Waals surface area contributed by atoms with E-state index in [4.69, 9.17) is 0 Å². The number of nitrogens with zero attached hydrogens (tertiary/aromatic N) is 2. The van der Waals surface area contributed by atoms with Crippen LogP contribution in [-0.2, 0) is 0 Å². The fourth-order valence-electron chi connectivity index (χ4n) is 0.959. The molecule has 0 rings (SSSR count). The van der Waals surface area contributed by atoms with E-state index in [9.17, 15) is 0 Å². The van der Waals surface area contributed by atoms with Gasteiger partial charge in [0.05, 0.1) is 0 Å². The summed E-state index contributed by atoms with van der Waals surface area (Å²) in [5.41, 5.74) is 0. The van der Waals surface area contributed by atoms with Crippen molar-refractivity contribution in [3.05, 3.63) is 0 Å². The molecular weight excluding hydrogens is 168 g/mol. The summed E-state index contributed by atoms with van der Waals surface area (Å²) in [6, 6.07) is 0. The van der Waals surface area contributed by atoms with Crippen LogP contribution in [0.5, 0.6) is 0 Å². The molecule has 0 aliphatic carbocycles. The zero-order chi connectivity index (χ0) is 9.56. The van der Waals surface area contributed by atoms with Gasteiger partial charge in [-0.2, -0.15) is 12.6 Å². The van der Waals surface area contributed by atoms with Crippen molar-refractivity contribution in [3.8, 4) is 0 Å². The lowest BCUT2D eigenvalue weighted by molar-refractivity contribution is 0.368. The fourth-order valence-corrected chi connectivity index (χ4v) is 1.19. The molecule has 0 amide bonds. The van der Waals surface area contributed by atoms with Gasteiger partial charge in [-0.1, -0.05) is 0 Å². The third kappa shape index (κ3) is 8.37. The van der Waals surface area contributed by atoms with Crippen molar-refractivity contribution >= 4 is 12.6 Å². The van der Waals surface area contributed by atoms with Gasteiger partial charge in [0.25, 0.3) is 0 Å². The first-order valence-electron chi connectivity index (χ1n) is 4.50. The van der Waals surface area contributed by atoms with E-state index >= 15 is 0 Å². The SMILES string of the molecule is CN(C)CCC(S)CCN(C)C. The molecule has 0 saturated heterocycles. The molecule has 0 spiro atoms. The molecule has 0 aliphatic rings. The Morgan fingerprint density at radius 2 is 1.25 bits per heavy atom. The van der Waals surface area contributed by atoms with E-state index in [1.165, 1.54) is 12.8 Å². The Bertz CT molecular complexity index is 92.7. The summed E-state index contributed by atoms with van der Waals surface area (Å²) in [5, 5.41) is 0.551. The fraction of sp³-hybridized carbons (Fsp3) is 1.00. The standard InChI is InChI=1S/C9H22N2S/c1-10(2)7-5-9(12)6-8-11(3)4/h9,12H,5-8H2,1-4H3. The first kappa shape index (κ1) is 12.3. The van der Waals surface area contributed by atoms with Gasteiger partial charge in [0.1, 0.15) is 0 Å². The molecule has 0 aromatic rings. The van der Waals surface area contributed by atoms with E-state index in [1.54, 1.807) is 0 Å². The summed E-state index contributed by atoms with van der Waals surface area (Å²) < 4.78 is 0. The zero-order valence-corrected chi connectivity index (χ0v) is 9.64. The summed E-state index contributed by atoms with van der Waals surface area (Å²) in [6.45, 7) is 2.28. The van der Waals surface area contributed by atoms with Crippen molar-refractivity contribution in [3.63, 3.8) is 0 Å².